The summed E-state index contributed by atoms with van der Waals surface area (Å²) in [5.41, 5.74) is 1.96. The van der Waals surface area contributed by atoms with E-state index in [1.54, 1.807) is 0 Å². The molecule has 0 saturated carbocycles. The second-order valence-corrected chi connectivity index (χ2v) is 4.27. The quantitative estimate of drug-likeness (QED) is 0.725. The summed E-state index contributed by atoms with van der Waals surface area (Å²) in [4.78, 5) is 12.3. The minimum absolute atomic E-state index is 0.135. The molecule has 0 radical (unpaired) electrons. The molecule has 0 saturated heterocycles. The Morgan fingerprint density at radius 1 is 1.38 bits per heavy atom. The lowest BCUT2D eigenvalue weighted by Gasteiger charge is -2.13. The summed E-state index contributed by atoms with van der Waals surface area (Å²) < 4.78 is 5.57. The average Bonchev–Trinajstić information content (AvgIpc) is 2.78. The van der Waals surface area contributed by atoms with Gasteiger partial charge in [-0.25, -0.2) is 0 Å². The van der Waals surface area contributed by atoms with Crippen LogP contribution in [0.4, 0.5) is 0 Å². The van der Waals surface area contributed by atoms with Crippen molar-refractivity contribution in [2.24, 2.45) is 5.92 Å². The number of Topliss-reactive ketones (excluding diaryl/α,β-unsaturated/α-hetero) is 1. The summed E-state index contributed by atoms with van der Waals surface area (Å²) in [6.45, 7) is 4.84. The fraction of sp³-hybridized carbons (Fsp3) is 0.500. The van der Waals surface area contributed by atoms with Gasteiger partial charge in [0.05, 0.1) is 12.2 Å². The Labute approximate surface area is 96.6 Å². The Balaban J connectivity index is 2.34. The maximum atomic E-state index is 12.3. The van der Waals surface area contributed by atoms with Gasteiger partial charge in [0, 0.05) is 12.3 Å². The lowest BCUT2D eigenvalue weighted by atomic mass is 9.91. The van der Waals surface area contributed by atoms with Crippen molar-refractivity contribution in [1.82, 2.24) is 0 Å². The molecule has 1 heterocycles. The maximum absolute atomic E-state index is 12.3. The SMILES string of the molecule is CCC(CC)C(=O)c1cccc2c1OCC2. The van der Waals surface area contributed by atoms with E-state index >= 15 is 0 Å². The van der Waals surface area contributed by atoms with Gasteiger partial charge in [0.2, 0.25) is 0 Å². The van der Waals surface area contributed by atoms with Gasteiger partial charge in [-0.1, -0.05) is 26.0 Å². The van der Waals surface area contributed by atoms with E-state index in [1.165, 1.54) is 5.56 Å². The first-order chi connectivity index (χ1) is 7.77. The smallest absolute Gasteiger partial charge is 0.169 e. The Bertz CT molecular complexity index is 392. The number of fused-ring (bicyclic) bond motifs is 1. The van der Waals surface area contributed by atoms with Crippen LogP contribution in [0.2, 0.25) is 0 Å². The Morgan fingerprint density at radius 3 is 2.81 bits per heavy atom. The van der Waals surface area contributed by atoms with Crippen LogP contribution in [0.25, 0.3) is 0 Å². The summed E-state index contributed by atoms with van der Waals surface area (Å²) in [5.74, 6) is 1.21. The zero-order chi connectivity index (χ0) is 11.5. The third-order valence-electron chi connectivity index (χ3n) is 3.34. The molecule has 1 aromatic carbocycles. The van der Waals surface area contributed by atoms with Crippen molar-refractivity contribution in [2.75, 3.05) is 6.61 Å². The summed E-state index contributed by atoms with van der Waals surface area (Å²) in [6.07, 6.45) is 2.73. The summed E-state index contributed by atoms with van der Waals surface area (Å²) in [7, 11) is 0. The van der Waals surface area contributed by atoms with E-state index in [1.807, 2.05) is 18.2 Å². The molecule has 1 aromatic rings. The normalized spacial score (nSPS) is 13.7. The van der Waals surface area contributed by atoms with Crippen molar-refractivity contribution in [2.45, 2.75) is 33.1 Å². The van der Waals surface area contributed by atoms with Crippen molar-refractivity contribution in [1.29, 1.82) is 0 Å². The third-order valence-corrected chi connectivity index (χ3v) is 3.34. The molecular formula is C14H18O2. The molecule has 16 heavy (non-hydrogen) atoms. The average molecular weight is 218 g/mol. The van der Waals surface area contributed by atoms with Gasteiger partial charge < -0.3 is 4.74 Å². The van der Waals surface area contributed by atoms with E-state index in [0.717, 1.165) is 30.6 Å². The monoisotopic (exact) mass is 218 g/mol. The van der Waals surface area contributed by atoms with Crippen molar-refractivity contribution < 1.29 is 9.53 Å². The van der Waals surface area contributed by atoms with Gasteiger partial charge in [-0.05, 0) is 24.5 Å². The van der Waals surface area contributed by atoms with Crippen LogP contribution in [0.3, 0.4) is 0 Å². The first-order valence-corrected chi connectivity index (χ1v) is 6.06. The number of para-hydroxylation sites is 1. The molecule has 0 N–H and O–H groups in total. The van der Waals surface area contributed by atoms with Gasteiger partial charge >= 0.3 is 0 Å². The van der Waals surface area contributed by atoms with Gasteiger partial charge in [0.25, 0.3) is 0 Å². The highest BCUT2D eigenvalue weighted by Crippen LogP contribution is 2.31. The van der Waals surface area contributed by atoms with Crippen LogP contribution in [-0.4, -0.2) is 12.4 Å². The molecular weight excluding hydrogens is 200 g/mol. The van der Waals surface area contributed by atoms with Crippen LogP contribution in [0.5, 0.6) is 5.75 Å². The summed E-state index contributed by atoms with van der Waals surface area (Å²) >= 11 is 0. The molecule has 1 aliphatic rings. The van der Waals surface area contributed by atoms with E-state index in [-0.39, 0.29) is 11.7 Å². The molecule has 0 amide bonds. The predicted octanol–water partition coefficient (Wildman–Crippen LogP) is 3.24. The molecule has 0 unspecified atom stereocenters. The lowest BCUT2D eigenvalue weighted by Crippen LogP contribution is -2.13. The zero-order valence-corrected chi connectivity index (χ0v) is 9.95. The van der Waals surface area contributed by atoms with E-state index in [9.17, 15) is 4.79 Å². The maximum Gasteiger partial charge on any atom is 0.169 e. The van der Waals surface area contributed by atoms with Gasteiger partial charge in [0.1, 0.15) is 5.75 Å². The molecule has 0 atom stereocenters. The Kier molecular flexibility index (Phi) is 3.28. The molecule has 0 fully saturated rings. The second-order valence-electron chi connectivity index (χ2n) is 4.27. The minimum atomic E-state index is 0.135. The van der Waals surface area contributed by atoms with Crippen LogP contribution in [0, 0.1) is 5.92 Å². The van der Waals surface area contributed by atoms with Crippen LogP contribution in [0.15, 0.2) is 18.2 Å². The van der Waals surface area contributed by atoms with E-state index in [4.69, 9.17) is 4.74 Å². The highest BCUT2D eigenvalue weighted by atomic mass is 16.5. The number of carbonyl (C=O) groups is 1. The number of ether oxygens (including phenoxy) is 1. The minimum Gasteiger partial charge on any atom is -0.492 e. The molecule has 0 bridgehead atoms. The fourth-order valence-corrected chi connectivity index (χ4v) is 2.29. The molecule has 2 nitrogen and oxygen atoms in total. The first-order valence-electron chi connectivity index (χ1n) is 6.06. The highest BCUT2D eigenvalue weighted by molar-refractivity contribution is 6.00. The molecule has 0 aliphatic carbocycles. The third kappa shape index (κ3) is 1.84. The number of carbonyl (C=O) groups excluding carboxylic acids is 1. The van der Waals surface area contributed by atoms with Crippen molar-refractivity contribution in [3.63, 3.8) is 0 Å². The molecule has 1 aliphatic heterocycles. The van der Waals surface area contributed by atoms with E-state index < -0.39 is 0 Å². The largest absolute Gasteiger partial charge is 0.492 e. The zero-order valence-electron chi connectivity index (χ0n) is 9.95. The van der Waals surface area contributed by atoms with Crippen molar-refractivity contribution in [3.8, 4) is 5.75 Å². The van der Waals surface area contributed by atoms with Crippen LogP contribution >= 0.6 is 0 Å². The van der Waals surface area contributed by atoms with Gasteiger partial charge in [-0.3, -0.25) is 4.79 Å². The van der Waals surface area contributed by atoms with Gasteiger partial charge in [-0.2, -0.15) is 0 Å². The molecule has 0 aromatic heterocycles. The number of benzene rings is 1. The molecule has 0 spiro atoms. The van der Waals surface area contributed by atoms with Crippen LogP contribution in [-0.2, 0) is 6.42 Å². The predicted molar refractivity (Wildman–Crippen MR) is 64.0 cm³/mol. The summed E-state index contributed by atoms with van der Waals surface area (Å²) in [5, 5.41) is 0. The highest BCUT2D eigenvalue weighted by Gasteiger charge is 2.24. The second kappa shape index (κ2) is 4.69. The van der Waals surface area contributed by atoms with Crippen molar-refractivity contribution in [3.05, 3.63) is 29.3 Å². The van der Waals surface area contributed by atoms with Crippen molar-refractivity contribution >= 4 is 5.78 Å². The molecule has 86 valence electrons. The van der Waals surface area contributed by atoms with E-state index in [0.29, 0.717) is 6.61 Å². The Morgan fingerprint density at radius 2 is 2.12 bits per heavy atom. The Hall–Kier alpha value is -1.31. The van der Waals surface area contributed by atoms with E-state index in [2.05, 4.69) is 13.8 Å². The van der Waals surface area contributed by atoms with Crippen LogP contribution < -0.4 is 4.74 Å². The molecule has 2 rings (SSSR count). The fourth-order valence-electron chi connectivity index (χ4n) is 2.29. The standard InChI is InChI=1S/C14H18O2/c1-3-10(4-2)13(15)12-7-5-6-11-8-9-16-14(11)12/h5-7,10H,3-4,8-9H2,1-2H3. The lowest BCUT2D eigenvalue weighted by molar-refractivity contribution is 0.0910. The number of hydrogen-bond acceptors (Lipinski definition) is 2. The summed E-state index contributed by atoms with van der Waals surface area (Å²) in [6, 6.07) is 5.90. The number of hydrogen-bond donors (Lipinski definition) is 0. The topological polar surface area (TPSA) is 26.3 Å². The van der Waals surface area contributed by atoms with Crippen LogP contribution in [0.1, 0.15) is 42.6 Å². The molecule has 2 heteroatoms. The van der Waals surface area contributed by atoms with Gasteiger partial charge in [0.15, 0.2) is 5.78 Å². The number of rotatable bonds is 4. The van der Waals surface area contributed by atoms with Gasteiger partial charge in [-0.15, -0.1) is 0 Å². The first kappa shape index (κ1) is 11.2. The number of ketones is 1.